The van der Waals surface area contributed by atoms with Crippen molar-refractivity contribution in [2.24, 2.45) is 0 Å². The number of hydrogen-bond donors (Lipinski definition) is 0. The maximum absolute atomic E-state index is 13.1. The zero-order valence-electron chi connectivity index (χ0n) is 15.7. The number of nitro benzene ring substituents is 2. The topological polar surface area (TPSA) is 103 Å². The zero-order chi connectivity index (χ0) is 20.8. The lowest BCUT2D eigenvalue weighted by Gasteiger charge is -2.15. The Morgan fingerprint density at radius 1 is 0.655 bits per heavy atom. The van der Waals surface area contributed by atoms with Crippen molar-refractivity contribution < 1.29 is 14.6 Å². The highest BCUT2D eigenvalue weighted by Crippen LogP contribution is 2.27. The second-order valence-corrected chi connectivity index (χ2v) is 6.93. The molecule has 0 bridgehead atoms. The summed E-state index contributed by atoms with van der Waals surface area (Å²) in [7, 11) is 0. The first-order valence-corrected chi connectivity index (χ1v) is 9.39. The summed E-state index contributed by atoms with van der Waals surface area (Å²) < 4.78 is 0. The molecule has 1 fully saturated rings. The first-order valence-electron chi connectivity index (χ1n) is 9.39. The molecule has 2 aromatic carbocycles. The van der Waals surface area contributed by atoms with E-state index in [9.17, 15) is 25.0 Å². The molecule has 0 aliphatic heterocycles. The molecule has 0 N–H and O–H groups in total. The molecule has 2 aromatic rings. The molecule has 1 saturated carbocycles. The Hall–Kier alpha value is -3.61. The van der Waals surface area contributed by atoms with Crippen molar-refractivity contribution in [1.82, 2.24) is 0 Å². The smallest absolute Gasteiger partial charge is 0.269 e. The lowest BCUT2D eigenvalue weighted by Crippen LogP contribution is -2.09. The Bertz CT molecular complexity index is 909. The minimum atomic E-state index is -0.455. The number of non-ortho nitro benzene ring substituents is 2. The third-order valence-corrected chi connectivity index (χ3v) is 4.87. The van der Waals surface area contributed by atoms with E-state index in [2.05, 4.69) is 0 Å². The van der Waals surface area contributed by atoms with Crippen molar-refractivity contribution in [1.29, 1.82) is 0 Å². The number of rotatable bonds is 4. The predicted molar refractivity (Wildman–Crippen MR) is 110 cm³/mol. The van der Waals surface area contributed by atoms with E-state index in [-0.39, 0.29) is 17.2 Å². The van der Waals surface area contributed by atoms with E-state index in [0.717, 1.165) is 30.4 Å². The minimum Gasteiger partial charge on any atom is -0.289 e. The van der Waals surface area contributed by atoms with Crippen LogP contribution in [0.25, 0.3) is 12.2 Å². The molecule has 29 heavy (non-hydrogen) atoms. The van der Waals surface area contributed by atoms with Gasteiger partial charge in [-0.15, -0.1) is 0 Å². The quantitative estimate of drug-likeness (QED) is 0.388. The number of allylic oxidation sites excluding steroid dienone is 2. The van der Waals surface area contributed by atoms with Crippen LogP contribution in [0.2, 0.25) is 0 Å². The van der Waals surface area contributed by atoms with Crippen LogP contribution in [0.5, 0.6) is 0 Å². The van der Waals surface area contributed by atoms with Crippen LogP contribution in [0.3, 0.4) is 0 Å². The van der Waals surface area contributed by atoms with Crippen LogP contribution in [-0.2, 0) is 4.79 Å². The van der Waals surface area contributed by atoms with Crippen molar-refractivity contribution in [3.05, 3.63) is 91.0 Å². The van der Waals surface area contributed by atoms with Crippen LogP contribution in [0.4, 0.5) is 11.4 Å². The highest BCUT2D eigenvalue weighted by Gasteiger charge is 2.18. The molecule has 0 radical (unpaired) electrons. The second-order valence-electron chi connectivity index (χ2n) is 6.93. The number of carbonyl (C=O) groups is 1. The number of hydrogen-bond acceptors (Lipinski definition) is 5. The van der Waals surface area contributed by atoms with Gasteiger partial charge in [0, 0.05) is 35.4 Å². The summed E-state index contributed by atoms with van der Waals surface area (Å²) in [6, 6.07) is 12.2. The van der Waals surface area contributed by atoms with E-state index in [1.807, 2.05) is 0 Å². The average Bonchev–Trinajstić information content (AvgIpc) is 2.71. The Labute approximate surface area is 167 Å². The predicted octanol–water partition coefficient (Wildman–Crippen LogP) is 5.50. The van der Waals surface area contributed by atoms with Gasteiger partial charge in [-0.1, -0.05) is 6.42 Å². The summed E-state index contributed by atoms with van der Waals surface area (Å²) >= 11 is 0. The molecule has 0 spiro atoms. The molecular formula is C22H20N2O5. The SMILES string of the molecule is O=C1/C(=C/c2ccc([N+](=O)[O-])cc2)CCCCC/C1=C\c1ccc([N+](=O)[O-])cc1. The van der Waals surface area contributed by atoms with Gasteiger partial charge in [-0.2, -0.15) is 0 Å². The molecule has 1 aliphatic rings. The largest absolute Gasteiger partial charge is 0.289 e. The van der Waals surface area contributed by atoms with Gasteiger partial charge in [-0.05, 0) is 73.2 Å². The van der Waals surface area contributed by atoms with Crippen molar-refractivity contribution in [2.45, 2.75) is 32.1 Å². The fourth-order valence-electron chi connectivity index (χ4n) is 3.30. The van der Waals surface area contributed by atoms with E-state index in [1.54, 1.807) is 36.4 Å². The van der Waals surface area contributed by atoms with E-state index >= 15 is 0 Å². The summed E-state index contributed by atoms with van der Waals surface area (Å²) in [6.07, 6.45) is 7.70. The monoisotopic (exact) mass is 392 g/mol. The number of nitrogens with zero attached hydrogens (tertiary/aromatic N) is 2. The van der Waals surface area contributed by atoms with Crippen molar-refractivity contribution in [3.8, 4) is 0 Å². The van der Waals surface area contributed by atoms with E-state index in [0.29, 0.717) is 24.0 Å². The van der Waals surface area contributed by atoms with Crippen LogP contribution >= 0.6 is 0 Å². The Morgan fingerprint density at radius 3 is 1.38 bits per heavy atom. The van der Waals surface area contributed by atoms with Gasteiger partial charge in [-0.3, -0.25) is 25.0 Å². The van der Waals surface area contributed by atoms with Crippen LogP contribution < -0.4 is 0 Å². The molecule has 0 aromatic heterocycles. The van der Waals surface area contributed by atoms with Gasteiger partial charge in [0.25, 0.3) is 11.4 Å². The van der Waals surface area contributed by atoms with Gasteiger partial charge < -0.3 is 0 Å². The molecule has 7 nitrogen and oxygen atoms in total. The first kappa shape index (κ1) is 20.1. The molecular weight excluding hydrogens is 372 g/mol. The van der Waals surface area contributed by atoms with Crippen molar-refractivity contribution in [3.63, 3.8) is 0 Å². The molecule has 148 valence electrons. The highest BCUT2D eigenvalue weighted by atomic mass is 16.6. The average molecular weight is 392 g/mol. The second kappa shape index (κ2) is 9.05. The number of benzene rings is 2. The molecule has 0 amide bonds. The van der Waals surface area contributed by atoms with Gasteiger partial charge in [-0.25, -0.2) is 0 Å². The van der Waals surface area contributed by atoms with Crippen LogP contribution in [0.15, 0.2) is 59.7 Å². The molecule has 0 saturated heterocycles. The molecule has 0 atom stereocenters. The molecule has 7 heteroatoms. The summed E-state index contributed by atoms with van der Waals surface area (Å²) in [5.41, 5.74) is 2.85. The van der Waals surface area contributed by atoms with Gasteiger partial charge in [0.1, 0.15) is 0 Å². The Morgan fingerprint density at radius 2 is 1.03 bits per heavy atom. The summed E-state index contributed by atoms with van der Waals surface area (Å²) in [4.78, 5) is 33.8. The van der Waals surface area contributed by atoms with E-state index in [4.69, 9.17) is 0 Å². The molecule has 0 heterocycles. The van der Waals surface area contributed by atoms with E-state index in [1.165, 1.54) is 24.3 Å². The lowest BCUT2D eigenvalue weighted by atomic mass is 9.89. The number of nitro groups is 2. The van der Waals surface area contributed by atoms with Crippen molar-refractivity contribution >= 4 is 29.3 Å². The van der Waals surface area contributed by atoms with Crippen LogP contribution in [0, 0.1) is 20.2 Å². The van der Waals surface area contributed by atoms with Gasteiger partial charge >= 0.3 is 0 Å². The Balaban J connectivity index is 1.89. The standard InChI is InChI=1S/C22H20N2O5/c25-22-18(14-16-6-10-20(11-7-16)23(26)27)4-2-1-3-5-19(22)15-17-8-12-21(13-9-17)24(28)29/h6-15H,1-5H2/b18-14+,19-15+. The molecule has 0 unspecified atom stereocenters. The zero-order valence-corrected chi connectivity index (χ0v) is 15.7. The summed E-state index contributed by atoms with van der Waals surface area (Å²) in [6.45, 7) is 0. The highest BCUT2D eigenvalue weighted by molar-refractivity contribution is 6.13. The number of carbonyl (C=O) groups excluding carboxylic acids is 1. The number of ketones is 1. The molecule has 1 aliphatic carbocycles. The number of Topliss-reactive ketones (excluding diaryl/α,β-unsaturated/α-hetero) is 1. The fraction of sp³-hybridized carbons (Fsp3) is 0.227. The summed E-state index contributed by atoms with van der Waals surface area (Å²) in [5, 5.41) is 21.6. The van der Waals surface area contributed by atoms with Gasteiger partial charge in [0.2, 0.25) is 0 Å². The third-order valence-electron chi connectivity index (χ3n) is 4.87. The van der Waals surface area contributed by atoms with Crippen molar-refractivity contribution in [2.75, 3.05) is 0 Å². The minimum absolute atomic E-state index is 0.00917. The van der Waals surface area contributed by atoms with Gasteiger partial charge in [0.15, 0.2) is 5.78 Å². The Kier molecular flexibility index (Phi) is 6.29. The third kappa shape index (κ3) is 5.22. The normalized spacial score (nSPS) is 17.7. The maximum Gasteiger partial charge on any atom is 0.269 e. The molecule has 3 rings (SSSR count). The fourth-order valence-corrected chi connectivity index (χ4v) is 3.30. The lowest BCUT2D eigenvalue weighted by molar-refractivity contribution is -0.385. The maximum atomic E-state index is 13.1. The van der Waals surface area contributed by atoms with E-state index < -0.39 is 9.85 Å². The van der Waals surface area contributed by atoms with Gasteiger partial charge in [0.05, 0.1) is 9.85 Å². The van der Waals surface area contributed by atoms with Crippen LogP contribution in [-0.4, -0.2) is 15.6 Å². The summed E-state index contributed by atoms with van der Waals surface area (Å²) in [5.74, 6) is -0.0404. The first-order chi connectivity index (χ1) is 13.9. The van der Waals surface area contributed by atoms with Crippen LogP contribution in [0.1, 0.15) is 43.2 Å².